The summed E-state index contributed by atoms with van der Waals surface area (Å²) in [4.78, 5) is 30.0. The van der Waals surface area contributed by atoms with Gasteiger partial charge in [-0.05, 0) is 37.6 Å². The summed E-state index contributed by atoms with van der Waals surface area (Å²) in [7, 11) is 0. The van der Waals surface area contributed by atoms with Crippen LogP contribution in [0.15, 0.2) is 41.2 Å². The molecule has 140 valence electrons. The molecule has 0 aliphatic rings. The Labute approximate surface area is 155 Å². The van der Waals surface area contributed by atoms with Crippen molar-refractivity contribution < 1.29 is 9.90 Å². The largest absolute Gasteiger partial charge is 0.493 e. The molecular weight excluding hydrogens is 346 g/mol. The first kappa shape index (κ1) is 18.4. The molecule has 0 saturated heterocycles. The van der Waals surface area contributed by atoms with Crippen molar-refractivity contribution in [1.29, 1.82) is 0 Å². The van der Waals surface area contributed by atoms with Crippen LogP contribution < -0.4 is 10.9 Å². The monoisotopic (exact) mass is 367 g/mol. The minimum atomic E-state index is -0.430. The molecule has 0 atom stereocenters. The fourth-order valence-corrected chi connectivity index (χ4v) is 2.83. The minimum absolute atomic E-state index is 0.215. The van der Waals surface area contributed by atoms with Crippen molar-refractivity contribution in [2.45, 2.75) is 26.8 Å². The topological polar surface area (TPSA) is 113 Å². The number of carbonyl (C=O) groups is 1. The summed E-state index contributed by atoms with van der Waals surface area (Å²) < 4.78 is 1.90. The molecule has 0 aliphatic carbocycles. The molecule has 0 aliphatic heterocycles. The fourth-order valence-electron chi connectivity index (χ4n) is 2.83. The van der Waals surface area contributed by atoms with Gasteiger partial charge in [-0.2, -0.15) is 5.10 Å². The predicted molar refractivity (Wildman–Crippen MR) is 99.8 cm³/mol. The van der Waals surface area contributed by atoms with Crippen LogP contribution in [-0.2, 0) is 13.0 Å². The molecule has 0 spiro atoms. The average molecular weight is 367 g/mol. The highest BCUT2D eigenvalue weighted by Crippen LogP contribution is 2.10. The first-order chi connectivity index (χ1) is 12.9. The standard InChI is InChI=1S/C19H21N5O3/c1-12-8-13(2)24(23-12)11-14-4-3-5-15(9-14)19(27)20-7-6-16-21-17(25)10-18(26)22-16/h3-5,8-10H,6-7,11H2,1-2H3,(H,20,27)(H2,21,22,25,26). The fraction of sp³-hybridized carbons (Fsp3) is 0.263. The molecule has 0 radical (unpaired) electrons. The number of hydrogen-bond donors (Lipinski definition) is 3. The number of aromatic amines is 1. The van der Waals surface area contributed by atoms with E-state index in [-0.39, 0.29) is 18.3 Å². The van der Waals surface area contributed by atoms with E-state index in [0.717, 1.165) is 23.0 Å². The van der Waals surface area contributed by atoms with Gasteiger partial charge in [0.2, 0.25) is 5.88 Å². The number of rotatable bonds is 6. The van der Waals surface area contributed by atoms with Gasteiger partial charge in [0.1, 0.15) is 5.82 Å². The van der Waals surface area contributed by atoms with E-state index in [4.69, 9.17) is 0 Å². The third-order valence-corrected chi connectivity index (χ3v) is 4.05. The van der Waals surface area contributed by atoms with Crippen LogP contribution in [0.4, 0.5) is 0 Å². The number of aromatic hydroxyl groups is 1. The molecule has 0 unspecified atom stereocenters. The molecule has 8 nitrogen and oxygen atoms in total. The van der Waals surface area contributed by atoms with Crippen molar-refractivity contribution in [3.8, 4) is 5.88 Å². The molecule has 1 amide bonds. The Balaban J connectivity index is 1.61. The molecule has 8 heteroatoms. The third kappa shape index (κ3) is 4.81. The van der Waals surface area contributed by atoms with Crippen molar-refractivity contribution in [2.24, 2.45) is 0 Å². The lowest BCUT2D eigenvalue weighted by atomic mass is 10.1. The molecule has 0 saturated carbocycles. The van der Waals surface area contributed by atoms with Crippen molar-refractivity contribution in [1.82, 2.24) is 25.1 Å². The number of carbonyl (C=O) groups excluding carboxylic acids is 1. The first-order valence-electron chi connectivity index (χ1n) is 8.58. The lowest BCUT2D eigenvalue weighted by Crippen LogP contribution is -2.26. The molecule has 2 heterocycles. The van der Waals surface area contributed by atoms with Crippen LogP contribution in [0.3, 0.4) is 0 Å². The van der Waals surface area contributed by atoms with Gasteiger partial charge in [0.15, 0.2) is 0 Å². The number of hydrogen-bond acceptors (Lipinski definition) is 5. The van der Waals surface area contributed by atoms with Gasteiger partial charge in [-0.15, -0.1) is 0 Å². The number of amides is 1. The summed E-state index contributed by atoms with van der Waals surface area (Å²) in [5.41, 5.74) is 3.12. The van der Waals surface area contributed by atoms with Crippen LogP contribution in [0.5, 0.6) is 5.88 Å². The van der Waals surface area contributed by atoms with E-state index < -0.39 is 5.56 Å². The quantitative estimate of drug-likeness (QED) is 0.608. The lowest BCUT2D eigenvalue weighted by Gasteiger charge is -2.08. The van der Waals surface area contributed by atoms with E-state index in [9.17, 15) is 14.7 Å². The van der Waals surface area contributed by atoms with Crippen molar-refractivity contribution in [3.63, 3.8) is 0 Å². The van der Waals surface area contributed by atoms with Crippen molar-refractivity contribution in [3.05, 3.63) is 75.1 Å². The zero-order valence-corrected chi connectivity index (χ0v) is 15.2. The highest BCUT2D eigenvalue weighted by atomic mass is 16.3. The van der Waals surface area contributed by atoms with Crippen LogP contribution in [-0.4, -0.2) is 37.3 Å². The summed E-state index contributed by atoms with van der Waals surface area (Å²) in [5, 5.41) is 16.6. The second-order valence-electron chi connectivity index (χ2n) is 6.34. The third-order valence-electron chi connectivity index (χ3n) is 4.05. The summed E-state index contributed by atoms with van der Waals surface area (Å²) >= 11 is 0. The van der Waals surface area contributed by atoms with Crippen LogP contribution in [0.1, 0.15) is 33.1 Å². The van der Waals surface area contributed by atoms with Gasteiger partial charge in [0.05, 0.1) is 18.3 Å². The Morgan fingerprint density at radius 1 is 1.26 bits per heavy atom. The zero-order chi connectivity index (χ0) is 19.4. The maximum Gasteiger partial charge on any atom is 0.254 e. The molecule has 0 bridgehead atoms. The SMILES string of the molecule is Cc1cc(C)n(Cc2cccc(C(=O)NCCc3nc(O)cc(=O)[nH]3)c2)n1. The summed E-state index contributed by atoms with van der Waals surface area (Å²) in [5.74, 6) is -0.233. The Kier molecular flexibility index (Phi) is 5.35. The maximum atomic E-state index is 12.4. The summed E-state index contributed by atoms with van der Waals surface area (Å²) in [6.45, 7) is 4.82. The van der Waals surface area contributed by atoms with Crippen LogP contribution in [0.2, 0.25) is 0 Å². The Bertz CT molecular complexity index is 1020. The van der Waals surface area contributed by atoms with E-state index in [1.165, 1.54) is 0 Å². The molecule has 3 aromatic rings. The van der Waals surface area contributed by atoms with E-state index in [1.807, 2.05) is 42.8 Å². The van der Waals surface area contributed by atoms with Gasteiger partial charge < -0.3 is 15.4 Å². The van der Waals surface area contributed by atoms with Gasteiger partial charge >= 0.3 is 0 Å². The number of aryl methyl sites for hydroxylation is 2. The number of benzene rings is 1. The van der Waals surface area contributed by atoms with E-state index in [2.05, 4.69) is 20.4 Å². The molecule has 2 aromatic heterocycles. The van der Waals surface area contributed by atoms with Crippen LogP contribution >= 0.6 is 0 Å². The Morgan fingerprint density at radius 2 is 2.07 bits per heavy atom. The van der Waals surface area contributed by atoms with Gasteiger partial charge in [-0.1, -0.05) is 12.1 Å². The average Bonchev–Trinajstić information content (AvgIpc) is 2.91. The summed E-state index contributed by atoms with van der Waals surface area (Å²) in [6, 6.07) is 10.4. The minimum Gasteiger partial charge on any atom is -0.493 e. The number of H-pyrrole nitrogens is 1. The second kappa shape index (κ2) is 7.86. The maximum absolute atomic E-state index is 12.4. The number of aromatic nitrogens is 4. The van der Waals surface area contributed by atoms with E-state index >= 15 is 0 Å². The first-order valence-corrected chi connectivity index (χ1v) is 8.58. The molecular formula is C19H21N5O3. The lowest BCUT2D eigenvalue weighted by molar-refractivity contribution is 0.0954. The van der Waals surface area contributed by atoms with E-state index in [1.54, 1.807) is 6.07 Å². The van der Waals surface area contributed by atoms with Gasteiger partial charge in [-0.25, -0.2) is 4.98 Å². The van der Waals surface area contributed by atoms with Crippen LogP contribution in [0.25, 0.3) is 0 Å². The van der Waals surface area contributed by atoms with Crippen LogP contribution in [0, 0.1) is 13.8 Å². The predicted octanol–water partition coefficient (Wildman–Crippen LogP) is 1.31. The number of nitrogens with zero attached hydrogens (tertiary/aromatic N) is 3. The molecule has 0 fully saturated rings. The van der Waals surface area contributed by atoms with Gasteiger partial charge in [0, 0.05) is 24.2 Å². The van der Waals surface area contributed by atoms with Gasteiger partial charge in [-0.3, -0.25) is 14.3 Å². The van der Waals surface area contributed by atoms with Crippen molar-refractivity contribution in [2.75, 3.05) is 6.54 Å². The Morgan fingerprint density at radius 3 is 2.78 bits per heavy atom. The normalized spacial score (nSPS) is 10.7. The van der Waals surface area contributed by atoms with Gasteiger partial charge in [0.25, 0.3) is 11.5 Å². The molecule has 1 aromatic carbocycles. The van der Waals surface area contributed by atoms with E-state index in [0.29, 0.717) is 24.4 Å². The molecule has 3 N–H and O–H groups in total. The van der Waals surface area contributed by atoms with Crippen molar-refractivity contribution >= 4 is 5.91 Å². The highest BCUT2D eigenvalue weighted by molar-refractivity contribution is 5.94. The summed E-state index contributed by atoms with van der Waals surface area (Å²) in [6.07, 6.45) is 0.306. The molecule has 3 rings (SSSR count). The zero-order valence-electron chi connectivity index (χ0n) is 15.2. The number of nitrogens with one attached hydrogen (secondary N) is 2. The smallest absolute Gasteiger partial charge is 0.254 e. The second-order valence-corrected chi connectivity index (χ2v) is 6.34. The highest BCUT2D eigenvalue weighted by Gasteiger charge is 2.08. The molecule has 27 heavy (non-hydrogen) atoms. The Hall–Kier alpha value is -3.42.